The van der Waals surface area contributed by atoms with Gasteiger partial charge in [-0.25, -0.2) is 0 Å². The van der Waals surface area contributed by atoms with Crippen molar-refractivity contribution in [1.82, 2.24) is 15.1 Å². The van der Waals surface area contributed by atoms with Gasteiger partial charge in [0, 0.05) is 10.6 Å². The number of carbonyl (C=O) groups is 1. The van der Waals surface area contributed by atoms with Gasteiger partial charge in [-0.3, -0.25) is 9.69 Å². The Balaban J connectivity index is 1.78. The average molecular weight is 340 g/mol. The summed E-state index contributed by atoms with van der Waals surface area (Å²) in [7, 11) is 0. The number of amides is 1. The maximum atomic E-state index is 11.9. The maximum absolute atomic E-state index is 11.9. The first-order valence-corrected chi connectivity index (χ1v) is 7.81. The molecule has 0 bridgehead atoms. The van der Waals surface area contributed by atoms with E-state index >= 15 is 0 Å². The lowest BCUT2D eigenvalue weighted by atomic mass is 10.2. The minimum atomic E-state index is -0.156. The highest BCUT2D eigenvalue weighted by molar-refractivity contribution is 8.24. The largest absolute Gasteiger partial charge is 0.419 e. The third-order valence-electron chi connectivity index (χ3n) is 2.96. The van der Waals surface area contributed by atoms with E-state index in [2.05, 4.69) is 10.2 Å². The fourth-order valence-corrected chi connectivity index (χ4v) is 3.40. The van der Waals surface area contributed by atoms with E-state index in [4.69, 9.17) is 28.2 Å². The van der Waals surface area contributed by atoms with Gasteiger partial charge in [0.1, 0.15) is 10.9 Å². The summed E-state index contributed by atoms with van der Waals surface area (Å²) in [6.45, 7) is 2.03. The lowest BCUT2D eigenvalue weighted by Gasteiger charge is -2.11. The molecule has 0 N–H and O–H groups in total. The molecule has 1 aliphatic heterocycles. The zero-order valence-electron chi connectivity index (χ0n) is 10.9. The van der Waals surface area contributed by atoms with Gasteiger partial charge in [0.05, 0.1) is 5.25 Å². The van der Waals surface area contributed by atoms with E-state index in [9.17, 15) is 4.79 Å². The molecule has 1 unspecified atom stereocenters. The molecular formula is C13H10ClN3O2S2. The van der Waals surface area contributed by atoms with E-state index in [1.807, 2.05) is 6.92 Å². The fourth-order valence-electron chi connectivity index (χ4n) is 1.88. The van der Waals surface area contributed by atoms with E-state index in [1.165, 1.54) is 16.7 Å². The quantitative estimate of drug-likeness (QED) is 0.801. The highest BCUT2D eigenvalue weighted by atomic mass is 35.5. The van der Waals surface area contributed by atoms with Gasteiger partial charge < -0.3 is 4.42 Å². The highest BCUT2D eigenvalue weighted by Crippen LogP contribution is 2.28. The average Bonchev–Trinajstić information content (AvgIpc) is 3.01. The Morgan fingerprint density at radius 1 is 1.38 bits per heavy atom. The van der Waals surface area contributed by atoms with E-state index < -0.39 is 0 Å². The third-order valence-corrected chi connectivity index (χ3v) is 4.70. The topological polar surface area (TPSA) is 59.2 Å². The van der Waals surface area contributed by atoms with Crippen LogP contribution in [0.5, 0.6) is 0 Å². The molecule has 1 aromatic heterocycles. The minimum absolute atomic E-state index is 0.0313. The van der Waals surface area contributed by atoms with Crippen molar-refractivity contribution >= 4 is 45.8 Å². The van der Waals surface area contributed by atoms with Crippen LogP contribution in [0.15, 0.2) is 28.7 Å². The monoisotopic (exact) mass is 339 g/mol. The summed E-state index contributed by atoms with van der Waals surface area (Å²) in [4.78, 5) is 13.4. The van der Waals surface area contributed by atoms with Gasteiger partial charge in [0.25, 0.3) is 0 Å². The Hall–Kier alpha value is -1.44. The fraction of sp³-hybridized carbons (Fsp3) is 0.231. The molecule has 1 saturated heterocycles. The van der Waals surface area contributed by atoms with Gasteiger partial charge in [-0.15, -0.1) is 10.2 Å². The molecule has 0 radical (unpaired) electrons. The summed E-state index contributed by atoms with van der Waals surface area (Å²) in [5.74, 6) is 0.710. The van der Waals surface area contributed by atoms with Gasteiger partial charge in [0.15, 0.2) is 0 Å². The van der Waals surface area contributed by atoms with Crippen LogP contribution in [0, 0.1) is 0 Å². The molecule has 0 spiro atoms. The van der Waals surface area contributed by atoms with E-state index in [-0.39, 0.29) is 17.7 Å². The van der Waals surface area contributed by atoms with Gasteiger partial charge >= 0.3 is 0 Å². The Kier molecular flexibility index (Phi) is 3.97. The SMILES string of the molecule is CC1SC(=S)N(Cc2nnc(-c3ccc(Cl)cc3)o2)C1=O. The summed E-state index contributed by atoms with van der Waals surface area (Å²) < 4.78 is 6.12. The van der Waals surface area contributed by atoms with Crippen molar-refractivity contribution in [1.29, 1.82) is 0 Å². The normalized spacial score (nSPS) is 18.6. The van der Waals surface area contributed by atoms with Crippen LogP contribution < -0.4 is 0 Å². The second-order valence-electron chi connectivity index (χ2n) is 4.46. The van der Waals surface area contributed by atoms with Crippen LogP contribution in [0.3, 0.4) is 0 Å². The molecule has 0 saturated carbocycles. The number of nitrogens with zero attached hydrogens (tertiary/aromatic N) is 3. The van der Waals surface area contributed by atoms with E-state index in [1.54, 1.807) is 24.3 Å². The number of hydrogen-bond donors (Lipinski definition) is 0. The predicted molar refractivity (Wildman–Crippen MR) is 84.9 cm³/mol. The molecule has 1 fully saturated rings. The third kappa shape index (κ3) is 2.95. The zero-order valence-corrected chi connectivity index (χ0v) is 13.3. The molecule has 2 heterocycles. The molecule has 1 aromatic carbocycles. The molecule has 1 amide bonds. The van der Waals surface area contributed by atoms with Crippen LogP contribution in [0.4, 0.5) is 0 Å². The summed E-state index contributed by atoms with van der Waals surface area (Å²) in [5, 5.41) is 8.42. The number of halogens is 1. The first-order chi connectivity index (χ1) is 10.0. The molecule has 108 valence electrons. The lowest BCUT2D eigenvalue weighted by Crippen LogP contribution is -2.30. The predicted octanol–water partition coefficient (Wildman–Crippen LogP) is 3.14. The zero-order chi connectivity index (χ0) is 15.0. The van der Waals surface area contributed by atoms with Crippen LogP contribution in [0.2, 0.25) is 5.02 Å². The molecule has 1 aliphatic rings. The standard InChI is InChI=1S/C13H10ClN3O2S2/c1-7-12(18)17(13(20)21-7)6-10-15-16-11(19-10)8-2-4-9(14)5-3-8/h2-5,7H,6H2,1H3. The second kappa shape index (κ2) is 5.75. The number of carbonyl (C=O) groups excluding carboxylic acids is 1. The molecule has 5 nitrogen and oxygen atoms in total. The van der Waals surface area contributed by atoms with Crippen molar-refractivity contribution < 1.29 is 9.21 Å². The van der Waals surface area contributed by atoms with Crippen LogP contribution in [-0.4, -0.2) is 30.6 Å². The van der Waals surface area contributed by atoms with Gasteiger partial charge in [-0.2, -0.15) is 0 Å². The smallest absolute Gasteiger partial charge is 0.247 e. The van der Waals surface area contributed by atoms with E-state index in [0.717, 1.165) is 5.56 Å². The van der Waals surface area contributed by atoms with E-state index in [0.29, 0.717) is 21.1 Å². The number of hydrogen-bond acceptors (Lipinski definition) is 6. The van der Waals surface area contributed by atoms with Crippen LogP contribution >= 0.6 is 35.6 Å². The molecule has 8 heteroatoms. The molecule has 2 aromatic rings. The molecular weight excluding hydrogens is 330 g/mol. The van der Waals surface area contributed by atoms with Crippen molar-refractivity contribution in [2.24, 2.45) is 0 Å². The number of thiocarbonyl (C=S) groups is 1. The minimum Gasteiger partial charge on any atom is -0.419 e. The van der Waals surface area contributed by atoms with Gasteiger partial charge in [0.2, 0.25) is 17.7 Å². The van der Waals surface area contributed by atoms with Gasteiger partial charge in [-0.05, 0) is 31.2 Å². The van der Waals surface area contributed by atoms with Crippen molar-refractivity contribution in [3.8, 4) is 11.5 Å². The highest BCUT2D eigenvalue weighted by Gasteiger charge is 2.34. The molecule has 1 atom stereocenters. The van der Waals surface area contributed by atoms with Gasteiger partial charge in [-0.1, -0.05) is 35.6 Å². The number of rotatable bonds is 3. The van der Waals surface area contributed by atoms with Crippen molar-refractivity contribution in [2.45, 2.75) is 18.7 Å². The Morgan fingerprint density at radius 2 is 2.10 bits per heavy atom. The first kappa shape index (κ1) is 14.5. The summed E-state index contributed by atoms with van der Waals surface area (Å²) in [6, 6.07) is 7.09. The Labute approximate surface area is 135 Å². The Morgan fingerprint density at radius 3 is 2.71 bits per heavy atom. The second-order valence-corrected chi connectivity index (χ2v) is 6.87. The van der Waals surface area contributed by atoms with Crippen LogP contribution in [-0.2, 0) is 11.3 Å². The molecule has 3 rings (SSSR count). The number of benzene rings is 1. The molecule has 21 heavy (non-hydrogen) atoms. The Bertz CT molecular complexity index is 702. The summed E-state index contributed by atoms with van der Waals surface area (Å²) in [5.41, 5.74) is 0.774. The maximum Gasteiger partial charge on any atom is 0.247 e. The number of aromatic nitrogens is 2. The van der Waals surface area contributed by atoms with Crippen LogP contribution in [0.1, 0.15) is 12.8 Å². The first-order valence-electron chi connectivity index (χ1n) is 6.15. The van der Waals surface area contributed by atoms with Crippen molar-refractivity contribution in [3.05, 3.63) is 35.2 Å². The lowest BCUT2D eigenvalue weighted by molar-refractivity contribution is -0.126. The van der Waals surface area contributed by atoms with Crippen molar-refractivity contribution in [3.63, 3.8) is 0 Å². The van der Waals surface area contributed by atoms with Crippen molar-refractivity contribution in [2.75, 3.05) is 0 Å². The molecule has 0 aliphatic carbocycles. The van der Waals surface area contributed by atoms with Crippen LogP contribution in [0.25, 0.3) is 11.5 Å². The summed E-state index contributed by atoms with van der Waals surface area (Å²) >= 11 is 12.4. The number of thioether (sulfide) groups is 1. The summed E-state index contributed by atoms with van der Waals surface area (Å²) in [6.07, 6.45) is 0.